The molecule has 1 aromatic rings. The van der Waals surface area contributed by atoms with Crippen molar-refractivity contribution in [1.29, 1.82) is 0 Å². The van der Waals surface area contributed by atoms with Gasteiger partial charge in [-0.3, -0.25) is 4.98 Å². The molecule has 102 valence electrons. The molecule has 0 aromatic carbocycles. The average molecular weight is 264 g/mol. The summed E-state index contributed by atoms with van der Waals surface area (Å²) in [5.41, 5.74) is 0.564. The van der Waals surface area contributed by atoms with Gasteiger partial charge < -0.3 is 19.6 Å². The van der Waals surface area contributed by atoms with Crippen LogP contribution in [0.25, 0.3) is 0 Å². The highest BCUT2D eigenvalue weighted by Crippen LogP contribution is 2.31. The van der Waals surface area contributed by atoms with Crippen LogP contribution in [0, 0.1) is 0 Å². The lowest BCUT2D eigenvalue weighted by Crippen LogP contribution is -2.47. The third-order valence-corrected chi connectivity index (χ3v) is 3.53. The van der Waals surface area contributed by atoms with E-state index >= 15 is 0 Å². The van der Waals surface area contributed by atoms with Crippen molar-refractivity contribution in [2.24, 2.45) is 5.16 Å². The molecule has 0 atom stereocenters. The van der Waals surface area contributed by atoms with Crippen molar-refractivity contribution in [3.05, 3.63) is 24.3 Å². The highest BCUT2D eigenvalue weighted by Gasteiger charge is 2.40. The van der Waals surface area contributed by atoms with Crippen LogP contribution < -0.4 is 0 Å². The first kappa shape index (κ1) is 12.3. The van der Waals surface area contributed by atoms with Gasteiger partial charge in [0.15, 0.2) is 11.6 Å². The smallest absolute Gasteiger partial charge is 0.195 e. The molecule has 3 heterocycles. The van der Waals surface area contributed by atoms with Gasteiger partial charge in [0.25, 0.3) is 0 Å². The van der Waals surface area contributed by atoms with Crippen LogP contribution in [0.5, 0.6) is 0 Å². The summed E-state index contributed by atoms with van der Waals surface area (Å²) in [6.07, 6.45) is 6.26. The second-order valence-corrected chi connectivity index (χ2v) is 4.61. The van der Waals surface area contributed by atoms with Gasteiger partial charge in [0.2, 0.25) is 0 Å². The lowest BCUT2D eigenvalue weighted by atomic mass is 10.0. The van der Waals surface area contributed by atoms with Crippen LogP contribution in [0.15, 0.2) is 23.7 Å². The van der Waals surface area contributed by atoms with Crippen LogP contribution in [0.2, 0.25) is 0 Å². The van der Waals surface area contributed by atoms with Gasteiger partial charge in [0.1, 0.15) is 5.69 Å². The third-order valence-electron chi connectivity index (χ3n) is 3.53. The van der Waals surface area contributed by atoms with Gasteiger partial charge in [0.05, 0.1) is 19.4 Å². The monoisotopic (exact) mass is 264 g/mol. The van der Waals surface area contributed by atoms with Crippen molar-refractivity contribution in [3.63, 3.8) is 0 Å². The maximum absolute atomic E-state index is 9.20. The second kappa shape index (κ2) is 5.10. The molecular weight excluding hydrogens is 248 g/mol. The molecule has 2 aliphatic heterocycles. The zero-order chi connectivity index (χ0) is 13.1. The zero-order valence-electron chi connectivity index (χ0n) is 10.5. The molecule has 0 saturated carbocycles. The molecule has 2 aliphatic rings. The van der Waals surface area contributed by atoms with Gasteiger partial charge in [-0.05, 0) is 0 Å². The van der Waals surface area contributed by atoms with Crippen LogP contribution in [0.4, 0.5) is 0 Å². The first-order valence-electron chi connectivity index (χ1n) is 6.34. The Kier molecular flexibility index (Phi) is 3.31. The van der Waals surface area contributed by atoms with Crippen molar-refractivity contribution in [1.82, 2.24) is 14.9 Å². The molecule has 0 amide bonds. The fourth-order valence-corrected chi connectivity index (χ4v) is 2.54. The largest absolute Gasteiger partial charge is 0.409 e. The summed E-state index contributed by atoms with van der Waals surface area (Å²) in [6, 6.07) is 0. The van der Waals surface area contributed by atoms with Crippen molar-refractivity contribution in [3.8, 4) is 0 Å². The summed E-state index contributed by atoms with van der Waals surface area (Å²) < 4.78 is 11.3. The predicted molar refractivity (Wildman–Crippen MR) is 65.8 cm³/mol. The average Bonchev–Trinajstić information content (AvgIpc) is 2.92. The number of oxime groups is 1. The van der Waals surface area contributed by atoms with Crippen molar-refractivity contribution >= 4 is 5.84 Å². The number of piperidine rings is 1. The molecule has 2 fully saturated rings. The standard InChI is InChI=1S/C12H16N4O3/c17-15-11(10-9-13-3-4-14-10)16-5-1-12(2-6-16)18-7-8-19-12/h3-4,9,17H,1-2,5-8H2/b15-11+. The van der Waals surface area contributed by atoms with E-state index in [4.69, 9.17) is 9.47 Å². The van der Waals surface area contributed by atoms with E-state index in [1.165, 1.54) is 0 Å². The summed E-state index contributed by atoms with van der Waals surface area (Å²) in [7, 11) is 0. The minimum Gasteiger partial charge on any atom is -0.409 e. The fraction of sp³-hybridized carbons (Fsp3) is 0.583. The Labute approximate surface area is 110 Å². The number of hydrogen-bond acceptors (Lipinski definition) is 6. The number of ether oxygens (including phenoxy) is 2. The Morgan fingerprint density at radius 2 is 2.00 bits per heavy atom. The quantitative estimate of drug-likeness (QED) is 0.343. The molecule has 7 nitrogen and oxygen atoms in total. The lowest BCUT2D eigenvalue weighted by molar-refractivity contribution is -0.180. The van der Waals surface area contributed by atoms with Gasteiger partial charge >= 0.3 is 0 Å². The molecule has 0 aliphatic carbocycles. The van der Waals surface area contributed by atoms with Gasteiger partial charge in [-0.2, -0.15) is 0 Å². The molecule has 0 unspecified atom stereocenters. The Hall–Kier alpha value is -1.73. The van der Waals surface area contributed by atoms with Crippen LogP contribution in [0.1, 0.15) is 18.5 Å². The Morgan fingerprint density at radius 1 is 1.26 bits per heavy atom. The normalized spacial score (nSPS) is 22.9. The van der Waals surface area contributed by atoms with Crippen LogP contribution >= 0.6 is 0 Å². The number of rotatable bonds is 1. The first-order chi connectivity index (χ1) is 9.33. The highest BCUT2D eigenvalue weighted by atomic mass is 16.7. The summed E-state index contributed by atoms with van der Waals surface area (Å²) in [5.74, 6) is 0.0142. The van der Waals surface area contributed by atoms with E-state index in [1.807, 2.05) is 4.90 Å². The second-order valence-electron chi connectivity index (χ2n) is 4.61. The maximum Gasteiger partial charge on any atom is 0.195 e. The molecule has 0 radical (unpaired) electrons. The van der Waals surface area contributed by atoms with E-state index in [0.717, 1.165) is 12.8 Å². The molecular formula is C12H16N4O3. The van der Waals surface area contributed by atoms with Gasteiger partial charge in [-0.1, -0.05) is 5.16 Å². The number of likely N-dealkylation sites (tertiary alicyclic amines) is 1. The summed E-state index contributed by atoms with van der Waals surface area (Å²) in [4.78, 5) is 10.1. The zero-order valence-corrected chi connectivity index (χ0v) is 10.5. The van der Waals surface area contributed by atoms with Crippen molar-refractivity contribution in [2.45, 2.75) is 18.6 Å². The lowest BCUT2D eigenvalue weighted by Gasteiger charge is -2.38. The highest BCUT2D eigenvalue weighted by molar-refractivity contribution is 5.96. The maximum atomic E-state index is 9.20. The molecule has 3 rings (SSSR count). The fourth-order valence-electron chi connectivity index (χ4n) is 2.54. The first-order valence-corrected chi connectivity index (χ1v) is 6.34. The van der Waals surface area contributed by atoms with Crippen LogP contribution in [-0.2, 0) is 9.47 Å². The van der Waals surface area contributed by atoms with Crippen molar-refractivity contribution < 1.29 is 14.7 Å². The predicted octanol–water partition coefficient (Wildman–Crippen LogP) is 0.451. The topological polar surface area (TPSA) is 80.1 Å². The molecule has 1 aromatic heterocycles. The van der Waals surface area contributed by atoms with Crippen LogP contribution in [0.3, 0.4) is 0 Å². The third kappa shape index (κ3) is 2.39. The van der Waals surface area contributed by atoms with Crippen LogP contribution in [-0.4, -0.2) is 58.0 Å². The number of hydrogen-bond donors (Lipinski definition) is 1. The van der Waals surface area contributed by atoms with Gasteiger partial charge in [-0.25, -0.2) is 4.98 Å². The molecule has 19 heavy (non-hydrogen) atoms. The number of aromatic nitrogens is 2. The molecule has 1 N–H and O–H groups in total. The van der Waals surface area contributed by atoms with E-state index < -0.39 is 5.79 Å². The minimum absolute atomic E-state index is 0.431. The van der Waals surface area contributed by atoms with E-state index in [9.17, 15) is 5.21 Å². The molecule has 7 heteroatoms. The van der Waals surface area contributed by atoms with Crippen molar-refractivity contribution in [2.75, 3.05) is 26.3 Å². The van der Waals surface area contributed by atoms with E-state index in [1.54, 1.807) is 18.6 Å². The summed E-state index contributed by atoms with van der Waals surface area (Å²) in [5, 5.41) is 12.6. The molecule has 1 spiro atoms. The van der Waals surface area contributed by atoms with E-state index in [2.05, 4.69) is 15.1 Å². The summed E-state index contributed by atoms with van der Waals surface area (Å²) >= 11 is 0. The minimum atomic E-state index is -0.431. The van der Waals surface area contributed by atoms with E-state index in [0.29, 0.717) is 37.8 Å². The number of amidine groups is 1. The van der Waals surface area contributed by atoms with Gasteiger partial charge in [0, 0.05) is 38.3 Å². The Morgan fingerprint density at radius 3 is 2.58 bits per heavy atom. The Bertz CT molecular complexity index is 449. The van der Waals surface area contributed by atoms with E-state index in [-0.39, 0.29) is 0 Å². The summed E-state index contributed by atoms with van der Waals surface area (Å²) in [6.45, 7) is 2.72. The SMILES string of the molecule is O/N=C(\c1cnccn1)N1CCC2(CC1)OCCO2. The van der Waals surface area contributed by atoms with Gasteiger partial charge in [-0.15, -0.1) is 0 Å². The molecule has 2 saturated heterocycles. The molecule has 0 bridgehead atoms. The Balaban J connectivity index is 1.70. The number of nitrogens with zero attached hydrogens (tertiary/aromatic N) is 4.